The lowest BCUT2D eigenvalue weighted by atomic mass is 10.1. The van der Waals surface area contributed by atoms with Crippen molar-refractivity contribution in [1.82, 2.24) is 9.78 Å². The molecule has 0 spiro atoms. The van der Waals surface area contributed by atoms with E-state index in [1.165, 1.54) is 0 Å². The number of carbonyl (C=O) groups excluding carboxylic acids is 1. The smallest absolute Gasteiger partial charge is 0.338 e. The number of hydrogen-bond acceptors (Lipinski definition) is 6. The van der Waals surface area contributed by atoms with Gasteiger partial charge in [-0.25, -0.2) is 4.79 Å². The zero-order valence-electron chi connectivity index (χ0n) is 15.5. The molecule has 1 aliphatic rings. The number of aryl methyl sites for hydroxylation is 1. The Labute approximate surface area is 157 Å². The Morgan fingerprint density at radius 3 is 2.67 bits per heavy atom. The second-order valence-electron chi connectivity index (χ2n) is 6.72. The van der Waals surface area contributed by atoms with E-state index in [1.54, 1.807) is 42.8 Å². The van der Waals surface area contributed by atoms with Gasteiger partial charge in [-0.1, -0.05) is 12.1 Å². The van der Waals surface area contributed by atoms with E-state index in [-0.39, 0.29) is 24.4 Å². The highest BCUT2D eigenvalue weighted by Crippen LogP contribution is 2.22. The van der Waals surface area contributed by atoms with Crippen molar-refractivity contribution in [3.63, 3.8) is 0 Å². The Bertz CT molecular complexity index is 823. The number of nitro groups is 1. The first-order valence-electron chi connectivity index (χ1n) is 9.01. The van der Waals surface area contributed by atoms with Crippen molar-refractivity contribution in [2.75, 3.05) is 13.2 Å². The molecule has 27 heavy (non-hydrogen) atoms. The molecule has 1 aromatic heterocycles. The van der Waals surface area contributed by atoms with Gasteiger partial charge in [-0.3, -0.25) is 14.8 Å². The van der Waals surface area contributed by atoms with Gasteiger partial charge in [0.2, 0.25) is 0 Å². The maximum absolute atomic E-state index is 12.2. The maximum atomic E-state index is 12.2. The molecule has 1 fully saturated rings. The third kappa shape index (κ3) is 4.51. The zero-order valence-corrected chi connectivity index (χ0v) is 15.5. The lowest BCUT2D eigenvalue weighted by Crippen LogP contribution is -2.25. The molecule has 1 saturated heterocycles. The molecule has 144 valence electrons. The molecule has 2 aromatic rings. The predicted molar refractivity (Wildman–Crippen MR) is 97.8 cm³/mol. The SMILES string of the molecule is Cc1nn(Cc2ccc(C(=O)OCC3CCCCO3)cc2)c(C)c1[N+](=O)[O-]. The van der Waals surface area contributed by atoms with Crippen molar-refractivity contribution in [3.8, 4) is 0 Å². The number of esters is 1. The highest BCUT2D eigenvalue weighted by molar-refractivity contribution is 5.89. The van der Waals surface area contributed by atoms with Crippen LogP contribution in [0, 0.1) is 24.0 Å². The van der Waals surface area contributed by atoms with E-state index in [1.807, 2.05) is 0 Å². The highest BCUT2D eigenvalue weighted by atomic mass is 16.6. The molecule has 3 rings (SSSR count). The van der Waals surface area contributed by atoms with Gasteiger partial charge in [0.05, 0.1) is 23.1 Å². The van der Waals surface area contributed by atoms with Crippen LogP contribution in [0.5, 0.6) is 0 Å². The summed E-state index contributed by atoms with van der Waals surface area (Å²) >= 11 is 0. The van der Waals surface area contributed by atoms with Crippen LogP contribution in [-0.4, -0.2) is 40.0 Å². The lowest BCUT2D eigenvalue weighted by Gasteiger charge is -2.22. The van der Waals surface area contributed by atoms with Crippen LogP contribution in [0.15, 0.2) is 24.3 Å². The number of ether oxygens (including phenoxy) is 2. The molecule has 0 amide bonds. The number of benzene rings is 1. The van der Waals surface area contributed by atoms with Crippen molar-refractivity contribution < 1.29 is 19.2 Å². The molecule has 1 unspecified atom stereocenters. The number of nitrogens with zero attached hydrogens (tertiary/aromatic N) is 3. The van der Waals surface area contributed by atoms with Crippen LogP contribution in [0.25, 0.3) is 0 Å². The topological polar surface area (TPSA) is 96.5 Å². The summed E-state index contributed by atoms with van der Waals surface area (Å²) in [4.78, 5) is 22.8. The van der Waals surface area contributed by atoms with E-state index in [0.717, 1.165) is 31.4 Å². The Morgan fingerprint density at radius 1 is 1.33 bits per heavy atom. The van der Waals surface area contributed by atoms with Crippen molar-refractivity contribution in [2.24, 2.45) is 0 Å². The third-order valence-electron chi connectivity index (χ3n) is 4.72. The van der Waals surface area contributed by atoms with Gasteiger partial charge in [0.15, 0.2) is 0 Å². The first-order chi connectivity index (χ1) is 13.0. The molecular weight excluding hydrogens is 350 g/mol. The molecule has 0 bridgehead atoms. The van der Waals surface area contributed by atoms with Gasteiger partial charge >= 0.3 is 11.7 Å². The number of rotatable bonds is 6. The minimum atomic E-state index is -0.413. The van der Waals surface area contributed by atoms with E-state index in [2.05, 4.69) is 5.10 Å². The molecule has 1 aliphatic heterocycles. The molecule has 8 heteroatoms. The minimum absolute atomic E-state index is 0.0104. The Kier molecular flexibility index (Phi) is 5.85. The summed E-state index contributed by atoms with van der Waals surface area (Å²) < 4.78 is 12.5. The molecule has 0 saturated carbocycles. The van der Waals surface area contributed by atoms with Crippen LogP contribution in [-0.2, 0) is 16.0 Å². The molecule has 2 heterocycles. The molecule has 0 radical (unpaired) electrons. The van der Waals surface area contributed by atoms with Crippen molar-refractivity contribution in [3.05, 3.63) is 56.9 Å². The van der Waals surface area contributed by atoms with Gasteiger partial charge in [0, 0.05) is 6.61 Å². The molecular formula is C19H23N3O5. The van der Waals surface area contributed by atoms with Crippen LogP contribution in [0.2, 0.25) is 0 Å². The summed E-state index contributed by atoms with van der Waals surface area (Å²) in [6, 6.07) is 6.99. The molecule has 8 nitrogen and oxygen atoms in total. The summed E-state index contributed by atoms with van der Waals surface area (Å²) in [7, 11) is 0. The van der Waals surface area contributed by atoms with Crippen LogP contribution in [0.3, 0.4) is 0 Å². The summed E-state index contributed by atoms with van der Waals surface area (Å²) in [5.74, 6) is -0.377. The Hall–Kier alpha value is -2.74. The van der Waals surface area contributed by atoms with Gasteiger partial charge in [0.1, 0.15) is 18.0 Å². The van der Waals surface area contributed by atoms with Crippen molar-refractivity contribution in [1.29, 1.82) is 0 Å². The fraction of sp³-hybridized carbons (Fsp3) is 0.474. The summed E-state index contributed by atoms with van der Waals surface area (Å²) in [6.07, 6.45) is 3.07. The first-order valence-corrected chi connectivity index (χ1v) is 9.01. The fourth-order valence-electron chi connectivity index (χ4n) is 3.22. The Morgan fingerprint density at radius 2 is 2.07 bits per heavy atom. The second-order valence-corrected chi connectivity index (χ2v) is 6.72. The number of aromatic nitrogens is 2. The average Bonchev–Trinajstić information content (AvgIpc) is 2.94. The Balaban J connectivity index is 1.61. The number of hydrogen-bond donors (Lipinski definition) is 0. The molecule has 0 N–H and O–H groups in total. The standard InChI is InChI=1S/C19H23N3O5/c1-13-18(22(24)25)14(2)21(20-13)11-15-6-8-16(9-7-15)19(23)27-12-17-5-3-4-10-26-17/h6-9,17H,3-5,10-12H2,1-2H3. The molecule has 1 aromatic carbocycles. The summed E-state index contributed by atoms with van der Waals surface area (Å²) in [5.41, 5.74) is 2.30. The van der Waals surface area contributed by atoms with E-state index >= 15 is 0 Å². The third-order valence-corrected chi connectivity index (χ3v) is 4.72. The van der Waals surface area contributed by atoms with Gasteiger partial charge in [-0.05, 0) is 50.8 Å². The largest absolute Gasteiger partial charge is 0.459 e. The number of carbonyl (C=O) groups is 1. The maximum Gasteiger partial charge on any atom is 0.338 e. The molecule has 0 aliphatic carbocycles. The van der Waals surface area contributed by atoms with E-state index in [0.29, 0.717) is 23.5 Å². The van der Waals surface area contributed by atoms with Crippen LogP contribution >= 0.6 is 0 Å². The van der Waals surface area contributed by atoms with Crippen LogP contribution in [0.1, 0.15) is 46.6 Å². The average molecular weight is 373 g/mol. The summed E-state index contributed by atoms with van der Waals surface area (Å²) in [5, 5.41) is 15.3. The zero-order chi connectivity index (χ0) is 19.4. The highest BCUT2D eigenvalue weighted by Gasteiger charge is 2.22. The van der Waals surface area contributed by atoms with Crippen molar-refractivity contribution in [2.45, 2.75) is 45.8 Å². The minimum Gasteiger partial charge on any atom is -0.459 e. The first kappa shape index (κ1) is 19.0. The van der Waals surface area contributed by atoms with Crippen LogP contribution in [0.4, 0.5) is 5.69 Å². The van der Waals surface area contributed by atoms with Gasteiger partial charge < -0.3 is 9.47 Å². The van der Waals surface area contributed by atoms with Gasteiger partial charge in [0.25, 0.3) is 0 Å². The van der Waals surface area contributed by atoms with E-state index in [4.69, 9.17) is 9.47 Å². The monoisotopic (exact) mass is 373 g/mol. The van der Waals surface area contributed by atoms with Crippen molar-refractivity contribution >= 4 is 11.7 Å². The van der Waals surface area contributed by atoms with E-state index < -0.39 is 4.92 Å². The quantitative estimate of drug-likeness (QED) is 0.438. The molecule has 1 atom stereocenters. The second kappa shape index (κ2) is 8.30. The van der Waals surface area contributed by atoms with Gasteiger partial charge in [-0.2, -0.15) is 5.10 Å². The lowest BCUT2D eigenvalue weighted by molar-refractivity contribution is -0.386. The normalized spacial score (nSPS) is 16.9. The van der Waals surface area contributed by atoms with Crippen LogP contribution < -0.4 is 0 Å². The predicted octanol–water partition coefficient (Wildman–Crippen LogP) is 3.18. The fourth-order valence-corrected chi connectivity index (χ4v) is 3.22. The summed E-state index contributed by atoms with van der Waals surface area (Å²) in [6.45, 7) is 4.69. The van der Waals surface area contributed by atoms with E-state index in [9.17, 15) is 14.9 Å². The van der Waals surface area contributed by atoms with Gasteiger partial charge in [-0.15, -0.1) is 0 Å².